The van der Waals surface area contributed by atoms with Crippen LogP contribution in [0.2, 0.25) is 0 Å². The van der Waals surface area contributed by atoms with Crippen LogP contribution in [0.15, 0.2) is 55.1 Å². The quantitative estimate of drug-likeness (QED) is 0.317. The van der Waals surface area contributed by atoms with Crippen LogP contribution in [-0.2, 0) is 5.41 Å². The van der Waals surface area contributed by atoms with Gasteiger partial charge in [-0.1, -0.05) is 13.5 Å². The molecule has 2 aromatic carbocycles. The summed E-state index contributed by atoms with van der Waals surface area (Å²) in [6.07, 6.45) is 3.11. The molecule has 4 aliphatic rings. The molecular formula is C34H38N6O2. The normalized spacial score (nSPS) is 30.8. The highest BCUT2D eigenvalue weighted by Gasteiger charge is 2.73. The number of phenols is 2. The summed E-state index contributed by atoms with van der Waals surface area (Å²) in [4.78, 5) is 5.05. The summed E-state index contributed by atoms with van der Waals surface area (Å²) in [5.41, 5.74) is 7.15. The van der Waals surface area contributed by atoms with E-state index in [0.29, 0.717) is 5.92 Å². The van der Waals surface area contributed by atoms with Crippen LogP contribution in [0.25, 0.3) is 16.9 Å². The summed E-state index contributed by atoms with van der Waals surface area (Å²) in [5, 5.41) is 30.2. The molecule has 4 bridgehead atoms. The van der Waals surface area contributed by atoms with Crippen LogP contribution >= 0.6 is 0 Å². The average molecular weight is 563 g/mol. The van der Waals surface area contributed by atoms with Gasteiger partial charge in [-0.25, -0.2) is 9.36 Å². The van der Waals surface area contributed by atoms with Gasteiger partial charge < -0.3 is 20.0 Å². The van der Waals surface area contributed by atoms with E-state index in [4.69, 9.17) is 16.8 Å². The van der Waals surface area contributed by atoms with E-state index in [-0.39, 0.29) is 33.9 Å². The Balaban J connectivity index is 1.40. The Bertz CT molecular complexity index is 1800. The Hall–Kier alpha value is -4.20. The Morgan fingerprint density at radius 2 is 1.33 bits per heavy atom. The predicted octanol–water partition coefficient (Wildman–Crippen LogP) is 5.88. The van der Waals surface area contributed by atoms with E-state index in [2.05, 4.69) is 61.0 Å². The molecule has 2 saturated carbocycles. The highest BCUT2D eigenvalue weighted by atomic mass is 16.3. The standard InChI is InChI=1S/C34H38N6O2/c1-19-26-16-34(38(7)30-28(19)20(2)35-39(30)22-8-12-24(41)13-9-22)18-32(4)17-27(34)33(26,5)29-21(3)36-40(31(29)37(32)6)23-10-14-25(42)15-11-23/h8-15,26-27,41-42H,1,16-18H2,2-7H3/t26-,27+,32?,33?,34?/m0/s1. The lowest BCUT2D eigenvalue weighted by atomic mass is 9.64. The number of benzene rings is 2. The third-order valence-electron chi connectivity index (χ3n) is 11.6. The molecule has 8 rings (SSSR count). The van der Waals surface area contributed by atoms with Gasteiger partial charge in [-0.2, -0.15) is 10.2 Å². The topological polar surface area (TPSA) is 82.6 Å². The van der Waals surface area contributed by atoms with Gasteiger partial charge in [0, 0.05) is 41.7 Å². The van der Waals surface area contributed by atoms with Gasteiger partial charge >= 0.3 is 0 Å². The van der Waals surface area contributed by atoms with Gasteiger partial charge in [0.15, 0.2) is 0 Å². The van der Waals surface area contributed by atoms with Gasteiger partial charge in [0.05, 0.1) is 22.8 Å². The van der Waals surface area contributed by atoms with Gasteiger partial charge in [0.2, 0.25) is 0 Å². The van der Waals surface area contributed by atoms with Gasteiger partial charge in [-0.3, -0.25) is 0 Å². The van der Waals surface area contributed by atoms with Gasteiger partial charge in [-0.15, -0.1) is 0 Å². The van der Waals surface area contributed by atoms with Crippen molar-refractivity contribution in [1.82, 2.24) is 19.6 Å². The highest BCUT2D eigenvalue weighted by Crippen LogP contribution is 2.73. The number of rotatable bonds is 2. The third-order valence-corrected chi connectivity index (χ3v) is 11.6. The Morgan fingerprint density at radius 3 is 1.93 bits per heavy atom. The molecule has 4 aromatic rings. The molecule has 2 N–H and O–H groups in total. The molecule has 4 heterocycles. The first-order valence-electron chi connectivity index (χ1n) is 14.9. The molecule has 1 spiro atoms. The summed E-state index contributed by atoms with van der Waals surface area (Å²) >= 11 is 0. The highest BCUT2D eigenvalue weighted by molar-refractivity contribution is 5.83. The van der Waals surface area contributed by atoms with E-state index in [0.717, 1.165) is 64.8 Å². The first-order chi connectivity index (χ1) is 19.9. The first kappa shape index (κ1) is 25.5. The zero-order valence-electron chi connectivity index (χ0n) is 25.2. The Labute approximate surface area is 246 Å². The summed E-state index contributed by atoms with van der Waals surface area (Å²) in [6, 6.07) is 14.7. The zero-order chi connectivity index (χ0) is 29.5. The molecule has 42 heavy (non-hydrogen) atoms. The van der Waals surface area contributed by atoms with Crippen LogP contribution < -0.4 is 9.80 Å². The van der Waals surface area contributed by atoms with Crippen LogP contribution in [0, 0.1) is 25.7 Å². The van der Waals surface area contributed by atoms with Crippen LogP contribution in [0.3, 0.4) is 0 Å². The van der Waals surface area contributed by atoms with Gasteiger partial charge in [0.25, 0.3) is 0 Å². The number of allylic oxidation sites excluding steroid dienone is 1. The number of aromatic hydroxyl groups is 2. The van der Waals surface area contributed by atoms with Crippen molar-refractivity contribution >= 4 is 17.2 Å². The zero-order valence-corrected chi connectivity index (χ0v) is 25.2. The van der Waals surface area contributed by atoms with Gasteiger partial charge in [0.1, 0.15) is 23.1 Å². The molecule has 0 radical (unpaired) electrons. The minimum absolute atomic E-state index is 0.0947. The SMILES string of the molecule is C=C1c2c(C)nn(-c3ccc(O)cc3)c2N(C)C23C[C@@H]1C1(C)c4c(C)nn(-c5ccc(O)cc5)c4N(C)C(C)(C[C@H]12)C3. The van der Waals surface area contributed by atoms with Crippen molar-refractivity contribution in [3.05, 3.63) is 77.6 Å². The van der Waals surface area contributed by atoms with Crippen LogP contribution in [-0.4, -0.2) is 54.9 Å². The van der Waals surface area contributed by atoms with Gasteiger partial charge in [-0.05, 0) is 106 Å². The lowest BCUT2D eigenvalue weighted by Gasteiger charge is -2.47. The number of hydrogen-bond donors (Lipinski definition) is 2. The van der Waals surface area contributed by atoms with Crippen molar-refractivity contribution < 1.29 is 10.2 Å². The summed E-state index contributed by atoms with van der Waals surface area (Å²) < 4.78 is 4.15. The summed E-state index contributed by atoms with van der Waals surface area (Å²) in [7, 11) is 4.51. The molecule has 3 unspecified atom stereocenters. The fraction of sp³-hybridized carbons (Fsp3) is 0.412. The number of phenolic OH excluding ortho intramolecular Hbond substituents is 2. The van der Waals surface area contributed by atoms with Crippen molar-refractivity contribution in [2.75, 3.05) is 23.9 Å². The van der Waals surface area contributed by atoms with Crippen molar-refractivity contribution in [3.8, 4) is 22.9 Å². The summed E-state index contributed by atoms with van der Waals surface area (Å²) in [6.45, 7) is 14.0. The fourth-order valence-corrected chi connectivity index (χ4v) is 9.70. The number of fused-ring (bicyclic) bond motifs is 6. The number of aromatic nitrogens is 4. The lowest BCUT2D eigenvalue weighted by Crippen LogP contribution is -2.53. The smallest absolute Gasteiger partial charge is 0.140 e. The molecule has 2 aliphatic carbocycles. The second-order valence-corrected chi connectivity index (χ2v) is 13.6. The number of nitrogens with zero attached hydrogens (tertiary/aromatic N) is 6. The maximum Gasteiger partial charge on any atom is 0.140 e. The maximum absolute atomic E-state index is 10.00. The Kier molecular flexibility index (Phi) is 4.73. The minimum Gasteiger partial charge on any atom is -0.508 e. The monoisotopic (exact) mass is 562 g/mol. The maximum atomic E-state index is 10.00. The van der Waals surface area contributed by atoms with E-state index in [1.165, 1.54) is 5.56 Å². The molecule has 0 saturated heterocycles. The lowest BCUT2D eigenvalue weighted by molar-refractivity contribution is 0.259. The van der Waals surface area contributed by atoms with E-state index in [9.17, 15) is 10.2 Å². The third kappa shape index (κ3) is 2.83. The molecule has 216 valence electrons. The molecule has 8 heteroatoms. The van der Waals surface area contributed by atoms with Crippen molar-refractivity contribution in [2.24, 2.45) is 11.8 Å². The van der Waals surface area contributed by atoms with Crippen LogP contribution in [0.1, 0.15) is 55.6 Å². The summed E-state index contributed by atoms with van der Waals surface area (Å²) in [5.74, 6) is 3.34. The van der Waals surface area contributed by atoms with E-state index in [1.54, 1.807) is 24.3 Å². The second-order valence-electron chi connectivity index (χ2n) is 13.6. The minimum atomic E-state index is -0.187. The molecule has 8 nitrogen and oxygen atoms in total. The molecule has 0 amide bonds. The number of aryl methyl sites for hydroxylation is 2. The number of anilines is 2. The first-order valence-corrected chi connectivity index (χ1v) is 14.9. The van der Waals surface area contributed by atoms with Crippen molar-refractivity contribution in [3.63, 3.8) is 0 Å². The fourth-order valence-electron chi connectivity index (χ4n) is 9.70. The predicted molar refractivity (Wildman–Crippen MR) is 165 cm³/mol. The molecular weight excluding hydrogens is 524 g/mol. The molecule has 2 aliphatic heterocycles. The van der Waals surface area contributed by atoms with Crippen molar-refractivity contribution in [1.29, 1.82) is 0 Å². The molecule has 5 atom stereocenters. The van der Waals surface area contributed by atoms with Crippen LogP contribution in [0.5, 0.6) is 11.5 Å². The van der Waals surface area contributed by atoms with E-state index in [1.807, 2.05) is 24.3 Å². The molecule has 2 fully saturated rings. The molecule has 2 aromatic heterocycles. The second kappa shape index (κ2) is 7.79. The van der Waals surface area contributed by atoms with Crippen LogP contribution in [0.4, 0.5) is 11.6 Å². The van der Waals surface area contributed by atoms with E-state index >= 15 is 0 Å². The largest absolute Gasteiger partial charge is 0.508 e. The van der Waals surface area contributed by atoms with Crippen molar-refractivity contribution in [2.45, 2.75) is 63.5 Å². The van der Waals surface area contributed by atoms with E-state index < -0.39 is 0 Å². The average Bonchev–Trinajstić information content (AvgIpc) is 3.63. The Morgan fingerprint density at radius 1 is 0.786 bits per heavy atom. The number of hydrogen-bond acceptors (Lipinski definition) is 6.